The van der Waals surface area contributed by atoms with Crippen LogP contribution in [0.4, 0.5) is 0 Å². The summed E-state index contributed by atoms with van der Waals surface area (Å²) in [4.78, 5) is 0. The molecule has 0 aliphatic heterocycles. The summed E-state index contributed by atoms with van der Waals surface area (Å²) in [5.41, 5.74) is 9.10. The van der Waals surface area contributed by atoms with E-state index in [2.05, 4.69) is 182 Å². The molecule has 0 saturated carbocycles. The van der Waals surface area contributed by atoms with Crippen LogP contribution in [0.1, 0.15) is 33.4 Å². The van der Waals surface area contributed by atoms with Gasteiger partial charge in [0.05, 0.1) is 0 Å². The molecule has 224 valence electrons. The second-order valence-electron chi connectivity index (χ2n) is 11.5. The van der Waals surface area contributed by atoms with Crippen LogP contribution >= 0.6 is 0 Å². The molecule has 6 rings (SSSR count). The normalized spacial score (nSPS) is 10.1. The van der Waals surface area contributed by atoms with Crippen molar-refractivity contribution in [2.24, 2.45) is 0 Å². The Kier molecular flexibility index (Phi) is 15.9. The van der Waals surface area contributed by atoms with Gasteiger partial charge in [-0.3, -0.25) is 0 Å². The van der Waals surface area contributed by atoms with Crippen LogP contribution in [0.5, 0.6) is 0 Å². The monoisotopic (exact) mass is 818 g/mol. The molecule has 0 aliphatic rings. The van der Waals surface area contributed by atoms with Crippen LogP contribution in [-0.4, -0.2) is 39.5 Å². The number of hydrogen-bond donors (Lipinski definition) is 0. The third-order valence-electron chi connectivity index (χ3n) is 7.78. The van der Waals surface area contributed by atoms with E-state index in [1.54, 1.807) is 0 Å². The zero-order valence-electron chi connectivity index (χ0n) is 26.0. The molecule has 0 aromatic heterocycles. The van der Waals surface area contributed by atoms with Gasteiger partial charge in [0.2, 0.25) is 0 Å². The van der Waals surface area contributed by atoms with Gasteiger partial charge in [0.25, 0.3) is 0 Å². The summed E-state index contributed by atoms with van der Waals surface area (Å²) in [6.07, 6.45) is 0. The SMILES string of the molecule is [S-2].c1ccc([CH2][Sn+]([CH2]c2ccccc2)[CH2]c2ccccc2)cc1.c1ccc([CH2][Sn+]([CH2]c2ccccc2)[CH2]c2ccccc2)cc1. The Morgan fingerprint density at radius 1 is 0.222 bits per heavy atom. The Labute approximate surface area is 292 Å². The van der Waals surface area contributed by atoms with Crippen LogP contribution in [0.3, 0.4) is 0 Å². The van der Waals surface area contributed by atoms with E-state index in [9.17, 15) is 0 Å². The molecule has 3 heteroatoms. The van der Waals surface area contributed by atoms with E-state index in [1.807, 2.05) is 0 Å². The van der Waals surface area contributed by atoms with Crippen LogP contribution < -0.4 is 0 Å². The van der Waals surface area contributed by atoms with Gasteiger partial charge >= 0.3 is 282 Å². The molecule has 0 unspecified atom stereocenters. The second-order valence-corrected chi connectivity index (χ2v) is 26.1. The van der Waals surface area contributed by atoms with Crippen LogP contribution in [0.2, 0.25) is 0 Å². The topological polar surface area (TPSA) is 0 Å². The van der Waals surface area contributed by atoms with E-state index >= 15 is 0 Å². The van der Waals surface area contributed by atoms with Gasteiger partial charge in [-0.15, -0.1) is 0 Å². The summed E-state index contributed by atoms with van der Waals surface area (Å²) in [5.74, 6) is 0. The quantitative estimate of drug-likeness (QED) is 0.108. The van der Waals surface area contributed by atoms with Gasteiger partial charge in [-0.25, -0.2) is 0 Å². The van der Waals surface area contributed by atoms with Crippen molar-refractivity contribution in [3.8, 4) is 0 Å². The number of rotatable bonds is 12. The molecule has 0 heterocycles. The van der Waals surface area contributed by atoms with Crippen molar-refractivity contribution in [1.29, 1.82) is 0 Å². The fraction of sp³-hybridized carbons (Fsp3) is 0.143. The van der Waals surface area contributed by atoms with E-state index < -0.39 is 39.5 Å². The Hall–Kier alpha value is -2.73. The summed E-state index contributed by atoms with van der Waals surface area (Å²) in [7, 11) is 0. The molecule has 0 atom stereocenters. The molecule has 0 amide bonds. The molecule has 0 aliphatic carbocycles. The van der Waals surface area contributed by atoms with Crippen molar-refractivity contribution in [1.82, 2.24) is 0 Å². The first-order chi connectivity index (χ1) is 21.8. The third-order valence-corrected chi connectivity index (χ3v) is 23.3. The molecule has 0 fully saturated rings. The molecule has 0 spiro atoms. The van der Waals surface area contributed by atoms with Crippen molar-refractivity contribution < 1.29 is 0 Å². The summed E-state index contributed by atoms with van der Waals surface area (Å²) in [5, 5.41) is 0. The van der Waals surface area contributed by atoms with Crippen LogP contribution in [0.15, 0.2) is 182 Å². The first kappa shape index (κ1) is 35.1. The maximum atomic E-state index is 2.29. The van der Waals surface area contributed by atoms with E-state index in [0.29, 0.717) is 0 Å². The molecule has 0 radical (unpaired) electrons. The van der Waals surface area contributed by atoms with Gasteiger partial charge in [0, 0.05) is 0 Å². The summed E-state index contributed by atoms with van der Waals surface area (Å²) in [6, 6.07) is 66.1. The fourth-order valence-corrected chi connectivity index (χ4v) is 21.7. The molecule has 0 bridgehead atoms. The molecular weight excluding hydrogens is 774 g/mol. The van der Waals surface area contributed by atoms with Gasteiger partial charge in [-0.1, -0.05) is 0 Å². The van der Waals surface area contributed by atoms with Crippen LogP contribution in [0, 0.1) is 0 Å². The van der Waals surface area contributed by atoms with Crippen LogP contribution in [0.25, 0.3) is 0 Å². The predicted octanol–water partition coefficient (Wildman–Crippen LogP) is 9.65. The van der Waals surface area contributed by atoms with Crippen molar-refractivity contribution in [3.63, 3.8) is 0 Å². The van der Waals surface area contributed by atoms with E-state index in [1.165, 1.54) is 60.0 Å². The average Bonchev–Trinajstić information content (AvgIpc) is 3.08. The number of benzene rings is 6. The zero-order chi connectivity index (χ0) is 30.1. The average molecular weight is 816 g/mol. The zero-order valence-corrected chi connectivity index (χ0v) is 32.5. The Morgan fingerprint density at radius 3 is 0.489 bits per heavy atom. The van der Waals surface area contributed by atoms with E-state index in [4.69, 9.17) is 0 Å². The van der Waals surface area contributed by atoms with E-state index in [0.717, 1.165) is 0 Å². The van der Waals surface area contributed by atoms with Gasteiger partial charge < -0.3 is 13.5 Å². The predicted molar refractivity (Wildman–Crippen MR) is 200 cm³/mol. The molecule has 0 nitrogen and oxygen atoms in total. The molecule has 6 aromatic rings. The maximum absolute atomic E-state index is 2.29. The third kappa shape index (κ3) is 13.3. The van der Waals surface area contributed by atoms with Crippen molar-refractivity contribution >= 4 is 53.0 Å². The van der Waals surface area contributed by atoms with Crippen molar-refractivity contribution in [3.05, 3.63) is 215 Å². The Bertz CT molecular complexity index is 1260. The summed E-state index contributed by atoms with van der Waals surface area (Å²) in [6.45, 7) is 0. The molecule has 0 saturated heterocycles. The molecular formula is C42H42SSn2. The molecule has 0 N–H and O–H groups in total. The molecule has 6 aromatic carbocycles. The van der Waals surface area contributed by atoms with Gasteiger partial charge in [0.15, 0.2) is 0 Å². The van der Waals surface area contributed by atoms with Crippen LogP contribution in [-0.2, 0) is 40.1 Å². The first-order valence-corrected chi connectivity index (χ1v) is 27.8. The van der Waals surface area contributed by atoms with Gasteiger partial charge in [0.1, 0.15) is 0 Å². The standard InChI is InChI=1S/6C7H7.S.2Sn/c6*1-7-5-3-2-4-6-7;;;/h6*2-6H,1H2;;;/q;;;;;;-2;2*+1. The number of hydrogen-bond acceptors (Lipinski definition) is 0. The summed E-state index contributed by atoms with van der Waals surface area (Å²) >= 11 is -3.11. The first-order valence-electron chi connectivity index (χ1n) is 15.7. The molecule has 45 heavy (non-hydrogen) atoms. The van der Waals surface area contributed by atoms with Gasteiger partial charge in [-0.2, -0.15) is 0 Å². The van der Waals surface area contributed by atoms with Crippen molar-refractivity contribution in [2.75, 3.05) is 0 Å². The minimum atomic E-state index is -1.56. The Balaban J connectivity index is 0.000000200. The van der Waals surface area contributed by atoms with Gasteiger partial charge in [-0.05, 0) is 0 Å². The van der Waals surface area contributed by atoms with E-state index in [-0.39, 0.29) is 13.5 Å². The second kappa shape index (κ2) is 20.4. The Morgan fingerprint density at radius 2 is 0.356 bits per heavy atom. The summed E-state index contributed by atoms with van der Waals surface area (Å²) < 4.78 is 7.96. The fourth-order valence-electron chi connectivity index (χ4n) is 5.68. The minimum absolute atomic E-state index is 0. The van der Waals surface area contributed by atoms with Crippen molar-refractivity contribution in [2.45, 2.75) is 26.6 Å².